The highest BCUT2D eigenvalue weighted by molar-refractivity contribution is 5.96. The molecule has 11 heteroatoms. The van der Waals surface area contributed by atoms with Crippen LogP contribution < -0.4 is 0 Å². The van der Waals surface area contributed by atoms with Crippen molar-refractivity contribution in [2.75, 3.05) is 0 Å². The van der Waals surface area contributed by atoms with Crippen LogP contribution in [0.1, 0.15) is 59.3 Å². The van der Waals surface area contributed by atoms with Crippen LogP contribution in [0.4, 0.5) is 26.3 Å². The summed E-state index contributed by atoms with van der Waals surface area (Å²) in [5.74, 6) is -8.00. The average Bonchev–Trinajstić information content (AvgIpc) is 3.64. The summed E-state index contributed by atoms with van der Waals surface area (Å²) in [4.78, 5) is 22.3. The quantitative estimate of drug-likeness (QED) is 0.160. The van der Waals surface area contributed by atoms with Crippen molar-refractivity contribution < 1.29 is 31.1 Å². The molecule has 5 nitrogen and oxygen atoms in total. The van der Waals surface area contributed by atoms with Crippen LogP contribution in [0.5, 0.6) is 0 Å². The van der Waals surface area contributed by atoms with E-state index in [0.29, 0.717) is 11.3 Å². The highest BCUT2D eigenvalue weighted by atomic mass is 19.3. The Balaban J connectivity index is 1.27. The van der Waals surface area contributed by atoms with Crippen LogP contribution in [0.3, 0.4) is 0 Å². The molecule has 5 aromatic rings. The lowest BCUT2D eigenvalue weighted by molar-refractivity contribution is -0.120. The number of halogens is 6. The SMILES string of the molecule is O=C(C[C@@H](Cc1cc(F)cc(F)c1)c1ncccc1-c1cccc2cnccc12)Cn1nc(C(F)F)c2c1C(F)(F)C1CC21. The van der Waals surface area contributed by atoms with E-state index >= 15 is 8.78 Å². The Hall–Kier alpha value is -4.54. The number of fused-ring (bicyclic) bond motifs is 4. The van der Waals surface area contributed by atoms with Gasteiger partial charge in [-0.05, 0) is 59.5 Å². The Morgan fingerprint density at radius 1 is 0.977 bits per heavy atom. The van der Waals surface area contributed by atoms with Crippen LogP contribution in [0, 0.1) is 17.6 Å². The number of alkyl halides is 4. The van der Waals surface area contributed by atoms with Gasteiger partial charge >= 0.3 is 0 Å². The number of rotatable bonds is 9. The topological polar surface area (TPSA) is 60.7 Å². The van der Waals surface area contributed by atoms with Gasteiger partial charge in [-0.2, -0.15) is 13.9 Å². The second-order valence-electron chi connectivity index (χ2n) is 11.4. The van der Waals surface area contributed by atoms with Gasteiger partial charge in [0.2, 0.25) is 0 Å². The van der Waals surface area contributed by atoms with E-state index < -0.39 is 65.5 Å². The van der Waals surface area contributed by atoms with Crippen molar-refractivity contribution in [2.24, 2.45) is 5.92 Å². The third-order valence-electron chi connectivity index (χ3n) is 8.57. The van der Waals surface area contributed by atoms with E-state index in [4.69, 9.17) is 0 Å². The predicted molar refractivity (Wildman–Crippen MR) is 149 cm³/mol. The van der Waals surface area contributed by atoms with Crippen LogP contribution in [0.25, 0.3) is 21.9 Å². The molecule has 224 valence electrons. The maximum atomic E-state index is 15.1. The van der Waals surface area contributed by atoms with Gasteiger partial charge < -0.3 is 0 Å². The number of hydrogen-bond donors (Lipinski definition) is 0. The third kappa shape index (κ3) is 4.84. The summed E-state index contributed by atoms with van der Waals surface area (Å²) in [6, 6.07) is 14.1. The zero-order valence-corrected chi connectivity index (χ0v) is 23.0. The van der Waals surface area contributed by atoms with Crippen LogP contribution >= 0.6 is 0 Å². The van der Waals surface area contributed by atoms with Crippen LogP contribution in [0.15, 0.2) is 73.2 Å². The zero-order chi connectivity index (χ0) is 30.7. The summed E-state index contributed by atoms with van der Waals surface area (Å²) in [7, 11) is 0. The molecule has 0 saturated heterocycles. The number of aromatic nitrogens is 4. The first-order valence-corrected chi connectivity index (χ1v) is 14.1. The first-order valence-electron chi connectivity index (χ1n) is 14.1. The van der Waals surface area contributed by atoms with E-state index in [2.05, 4.69) is 15.1 Å². The van der Waals surface area contributed by atoms with E-state index in [9.17, 15) is 22.4 Å². The van der Waals surface area contributed by atoms with E-state index in [0.717, 1.165) is 39.2 Å². The number of carbonyl (C=O) groups is 1. The summed E-state index contributed by atoms with van der Waals surface area (Å²) in [6.07, 6.45) is 1.67. The lowest BCUT2D eigenvalue weighted by Crippen LogP contribution is -2.24. The van der Waals surface area contributed by atoms with Crippen molar-refractivity contribution in [1.82, 2.24) is 19.7 Å². The molecule has 1 fully saturated rings. The Morgan fingerprint density at radius 2 is 1.75 bits per heavy atom. The average molecular weight is 607 g/mol. The molecule has 0 radical (unpaired) electrons. The fourth-order valence-electron chi connectivity index (χ4n) is 6.69. The molecule has 0 spiro atoms. The maximum Gasteiger partial charge on any atom is 0.293 e. The van der Waals surface area contributed by atoms with Crippen molar-refractivity contribution in [3.8, 4) is 11.1 Å². The molecule has 0 N–H and O–H groups in total. The number of hydrogen-bond acceptors (Lipinski definition) is 4. The van der Waals surface area contributed by atoms with Crippen LogP contribution in [-0.2, 0) is 23.7 Å². The summed E-state index contributed by atoms with van der Waals surface area (Å²) >= 11 is 0. The number of carbonyl (C=O) groups excluding carboxylic acids is 1. The highest BCUT2D eigenvalue weighted by Gasteiger charge is 2.67. The first kappa shape index (κ1) is 28.2. The van der Waals surface area contributed by atoms with Crippen molar-refractivity contribution in [3.05, 3.63) is 113 Å². The monoisotopic (exact) mass is 606 g/mol. The van der Waals surface area contributed by atoms with Gasteiger partial charge in [0, 0.05) is 59.4 Å². The van der Waals surface area contributed by atoms with Gasteiger partial charge in [-0.15, -0.1) is 0 Å². The van der Waals surface area contributed by atoms with Crippen molar-refractivity contribution >= 4 is 16.6 Å². The van der Waals surface area contributed by atoms with Gasteiger partial charge in [0.1, 0.15) is 29.6 Å². The second-order valence-corrected chi connectivity index (χ2v) is 11.4. The Kier molecular flexibility index (Phi) is 6.78. The lowest BCUT2D eigenvalue weighted by atomic mass is 9.86. The van der Waals surface area contributed by atoms with Crippen LogP contribution in [-0.4, -0.2) is 25.5 Å². The smallest absolute Gasteiger partial charge is 0.293 e. The van der Waals surface area contributed by atoms with Gasteiger partial charge in [-0.1, -0.05) is 24.3 Å². The molecule has 3 atom stereocenters. The predicted octanol–water partition coefficient (Wildman–Crippen LogP) is 7.90. The Labute approximate surface area is 247 Å². The minimum absolute atomic E-state index is 0.00341. The molecule has 0 amide bonds. The summed E-state index contributed by atoms with van der Waals surface area (Å²) in [6.45, 7) is -0.653. The van der Waals surface area contributed by atoms with Gasteiger partial charge in [0.15, 0.2) is 5.78 Å². The van der Waals surface area contributed by atoms with Crippen molar-refractivity contribution in [2.45, 2.75) is 50.0 Å². The van der Waals surface area contributed by atoms with Crippen molar-refractivity contribution in [1.29, 1.82) is 0 Å². The summed E-state index contributed by atoms with van der Waals surface area (Å²) in [5.41, 5.74) is 0.723. The molecule has 2 aromatic carbocycles. The molecule has 3 heterocycles. The number of pyridine rings is 2. The minimum Gasteiger partial charge on any atom is -0.298 e. The van der Waals surface area contributed by atoms with Crippen LogP contribution in [0.2, 0.25) is 0 Å². The molecule has 3 aromatic heterocycles. The number of Topliss-reactive ketones (excluding diaryl/α,β-unsaturated/α-hetero) is 1. The number of ketones is 1. The van der Waals surface area contributed by atoms with E-state index in [1.165, 1.54) is 6.20 Å². The first-order chi connectivity index (χ1) is 21.1. The number of nitrogens with zero attached hydrogens (tertiary/aromatic N) is 4. The molecule has 44 heavy (non-hydrogen) atoms. The fraction of sp³-hybridized carbons (Fsp3) is 0.273. The molecule has 1 saturated carbocycles. The van der Waals surface area contributed by atoms with Crippen molar-refractivity contribution in [3.63, 3.8) is 0 Å². The normalized spacial score (nSPS) is 18.8. The molecular weight excluding hydrogens is 582 g/mol. The summed E-state index contributed by atoms with van der Waals surface area (Å²) in [5, 5.41) is 5.50. The van der Waals surface area contributed by atoms with Gasteiger partial charge in [-0.3, -0.25) is 19.4 Å². The van der Waals surface area contributed by atoms with E-state index in [1.54, 1.807) is 18.5 Å². The Bertz CT molecular complexity index is 1900. The van der Waals surface area contributed by atoms with E-state index in [-0.39, 0.29) is 30.4 Å². The number of benzene rings is 2. The molecule has 2 aliphatic rings. The molecule has 7 rings (SSSR count). The molecule has 2 aliphatic carbocycles. The molecule has 0 bridgehead atoms. The molecule has 0 aliphatic heterocycles. The minimum atomic E-state index is -3.36. The van der Waals surface area contributed by atoms with Gasteiger partial charge in [-0.25, -0.2) is 17.6 Å². The van der Waals surface area contributed by atoms with Gasteiger partial charge in [0.05, 0.1) is 5.69 Å². The fourth-order valence-corrected chi connectivity index (χ4v) is 6.69. The summed E-state index contributed by atoms with van der Waals surface area (Å²) < 4.78 is 86.9. The Morgan fingerprint density at radius 3 is 2.52 bits per heavy atom. The second kappa shape index (κ2) is 10.6. The molecule has 2 unspecified atom stereocenters. The van der Waals surface area contributed by atoms with E-state index in [1.807, 2.05) is 30.3 Å². The highest BCUT2D eigenvalue weighted by Crippen LogP contribution is 2.68. The van der Waals surface area contributed by atoms with Gasteiger partial charge in [0.25, 0.3) is 12.3 Å². The lowest BCUT2D eigenvalue weighted by Gasteiger charge is -2.21. The standard InChI is InChI=1S/C33H24F6N4O/c34-20-10-17(11-21(35)13-20)9-19(29-25(5-2-7-41-29)24-4-1-3-18-15-40-8-6-23(18)24)12-22(44)16-43-31-28(30(42-43)32(36)37)26-14-27(26)33(31,38)39/h1-8,10-11,13,15,19,26-27,32H,9,12,14,16H2/t19-,26?,27?/m1/s1. The molecular formula is C33H24F6N4O. The maximum absolute atomic E-state index is 15.1. The third-order valence-corrected chi connectivity index (χ3v) is 8.57. The zero-order valence-electron chi connectivity index (χ0n) is 23.0. The largest absolute Gasteiger partial charge is 0.298 e.